The van der Waals surface area contributed by atoms with Crippen molar-refractivity contribution < 1.29 is 18.9 Å². The molecule has 1 aromatic heterocycles. The lowest BCUT2D eigenvalue weighted by Crippen LogP contribution is -2.31. The number of carbonyl (C=O) groups is 1. The van der Waals surface area contributed by atoms with Gasteiger partial charge in [-0.05, 0) is 39.8 Å². The van der Waals surface area contributed by atoms with Crippen molar-refractivity contribution in [2.24, 2.45) is 5.41 Å². The largest absolute Gasteiger partial charge is 0.497 e. The summed E-state index contributed by atoms with van der Waals surface area (Å²) in [5.74, 6) is 2.32. The molecular formula is C19H22N4O4. The quantitative estimate of drug-likeness (QED) is 0.849. The van der Waals surface area contributed by atoms with E-state index in [1.807, 2.05) is 12.1 Å². The minimum absolute atomic E-state index is 0.0927. The van der Waals surface area contributed by atoms with Gasteiger partial charge in [-0.25, -0.2) is 4.63 Å². The van der Waals surface area contributed by atoms with Gasteiger partial charge in [0.1, 0.15) is 11.5 Å². The number of nitrogens with zero attached hydrogens (tertiary/aromatic N) is 2. The van der Waals surface area contributed by atoms with Crippen LogP contribution in [0, 0.1) is 5.41 Å². The smallest absolute Gasteiger partial charge is 0.219 e. The first-order valence-electron chi connectivity index (χ1n) is 8.75. The summed E-state index contributed by atoms with van der Waals surface area (Å²) >= 11 is 0. The van der Waals surface area contributed by atoms with Gasteiger partial charge in [-0.3, -0.25) is 4.79 Å². The number of ether oxygens (including phenoxy) is 2. The molecule has 1 aliphatic heterocycles. The summed E-state index contributed by atoms with van der Waals surface area (Å²) in [5.41, 5.74) is 2.22. The second kappa shape index (κ2) is 6.29. The van der Waals surface area contributed by atoms with E-state index in [4.69, 9.17) is 14.1 Å². The van der Waals surface area contributed by atoms with Crippen LogP contribution in [0.15, 0.2) is 34.1 Å². The van der Waals surface area contributed by atoms with E-state index in [2.05, 4.69) is 34.8 Å². The zero-order valence-electron chi connectivity index (χ0n) is 15.8. The lowest BCUT2D eigenvalue weighted by atomic mass is 9.73. The van der Waals surface area contributed by atoms with Crippen molar-refractivity contribution in [3.05, 3.63) is 35.0 Å². The highest BCUT2D eigenvalue weighted by molar-refractivity contribution is 6.00. The molecular weight excluding hydrogens is 348 g/mol. The molecule has 8 heteroatoms. The van der Waals surface area contributed by atoms with Gasteiger partial charge in [0.25, 0.3) is 0 Å². The van der Waals surface area contributed by atoms with Crippen LogP contribution < -0.4 is 20.1 Å². The summed E-state index contributed by atoms with van der Waals surface area (Å²) in [5, 5.41) is 14.4. The third-order valence-corrected chi connectivity index (χ3v) is 4.95. The van der Waals surface area contributed by atoms with E-state index >= 15 is 0 Å². The van der Waals surface area contributed by atoms with Crippen molar-refractivity contribution in [3.63, 3.8) is 0 Å². The first kappa shape index (κ1) is 17.4. The maximum absolute atomic E-state index is 13.1. The molecule has 27 heavy (non-hydrogen) atoms. The zero-order chi connectivity index (χ0) is 19.2. The first-order chi connectivity index (χ1) is 12.9. The summed E-state index contributed by atoms with van der Waals surface area (Å²) in [6, 6.07) is 5.14. The number of allylic oxidation sites excluding steroid dienone is 1. The molecule has 8 nitrogen and oxygen atoms in total. The van der Waals surface area contributed by atoms with Crippen LogP contribution in [0.4, 0.5) is 11.6 Å². The Morgan fingerprint density at radius 1 is 1.07 bits per heavy atom. The zero-order valence-corrected chi connectivity index (χ0v) is 15.8. The summed E-state index contributed by atoms with van der Waals surface area (Å²) in [7, 11) is 3.19. The van der Waals surface area contributed by atoms with Gasteiger partial charge >= 0.3 is 0 Å². The number of aromatic nitrogens is 2. The average molecular weight is 370 g/mol. The highest BCUT2D eigenvalue weighted by atomic mass is 16.6. The predicted octanol–water partition coefficient (Wildman–Crippen LogP) is 3.31. The van der Waals surface area contributed by atoms with Gasteiger partial charge in [-0.2, -0.15) is 0 Å². The lowest BCUT2D eigenvalue weighted by Gasteiger charge is -2.34. The van der Waals surface area contributed by atoms with Crippen molar-refractivity contribution in [2.45, 2.75) is 32.7 Å². The number of benzene rings is 1. The second-order valence-electron chi connectivity index (χ2n) is 7.64. The maximum atomic E-state index is 13.1. The fourth-order valence-corrected chi connectivity index (χ4v) is 3.74. The van der Waals surface area contributed by atoms with E-state index in [1.165, 1.54) is 0 Å². The molecule has 1 aliphatic carbocycles. The van der Waals surface area contributed by atoms with Gasteiger partial charge in [0.2, 0.25) is 11.6 Å². The lowest BCUT2D eigenvalue weighted by molar-refractivity contribution is -0.118. The number of rotatable bonds is 3. The van der Waals surface area contributed by atoms with Crippen LogP contribution in [-0.2, 0) is 4.79 Å². The molecule has 2 heterocycles. The highest BCUT2D eigenvalue weighted by Gasteiger charge is 2.40. The molecule has 2 aliphatic rings. The molecule has 142 valence electrons. The fourth-order valence-electron chi connectivity index (χ4n) is 3.74. The molecule has 0 amide bonds. The number of anilines is 2. The van der Waals surface area contributed by atoms with Crippen LogP contribution in [0.3, 0.4) is 0 Å². The van der Waals surface area contributed by atoms with E-state index < -0.39 is 6.04 Å². The van der Waals surface area contributed by atoms with E-state index in [1.54, 1.807) is 20.3 Å². The van der Waals surface area contributed by atoms with Gasteiger partial charge in [0, 0.05) is 23.8 Å². The normalized spacial score (nSPS) is 20.7. The number of Topliss-reactive ketones (excluding diaryl/α,β-unsaturated/α-hetero) is 1. The summed E-state index contributed by atoms with van der Waals surface area (Å²) in [4.78, 5) is 13.1. The number of nitrogens with one attached hydrogen (secondary N) is 2. The number of ketones is 1. The molecule has 1 atom stereocenters. The predicted molar refractivity (Wildman–Crippen MR) is 98.9 cm³/mol. The monoisotopic (exact) mass is 370 g/mol. The molecule has 1 aromatic carbocycles. The van der Waals surface area contributed by atoms with E-state index in [-0.39, 0.29) is 11.2 Å². The van der Waals surface area contributed by atoms with Crippen LogP contribution in [0.5, 0.6) is 11.5 Å². The van der Waals surface area contributed by atoms with Crippen molar-refractivity contribution in [1.82, 2.24) is 10.3 Å². The van der Waals surface area contributed by atoms with Gasteiger partial charge in [-0.1, -0.05) is 13.8 Å². The Labute approximate surface area is 156 Å². The Bertz CT molecular complexity index is 909. The van der Waals surface area contributed by atoms with Crippen LogP contribution in [-0.4, -0.2) is 30.3 Å². The van der Waals surface area contributed by atoms with E-state index in [9.17, 15) is 4.79 Å². The van der Waals surface area contributed by atoms with Gasteiger partial charge in [0.15, 0.2) is 5.78 Å². The summed E-state index contributed by atoms with van der Waals surface area (Å²) in [6.45, 7) is 4.17. The molecule has 4 rings (SSSR count). The first-order valence-corrected chi connectivity index (χ1v) is 8.75. The van der Waals surface area contributed by atoms with Crippen LogP contribution in [0.2, 0.25) is 0 Å². The maximum Gasteiger partial charge on any atom is 0.219 e. The van der Waals surface area contributed by atoms with E-state index in [0.717, 1.165) is 17.7 Å². The van der Waals surface area contributed by atoms with Gasteiger partial charge < -0.3 is 20.1 Å². The third-order valence-electron chi connectivity index (χ3n) is 4.95. The molecule has 0 saturated carbocycles. The molecule has 0 spiro atoms. The third kappa shape index (κ3) is 3.11. The topological polar surface area (TPSA) is 98.5 Å². The number of methoxy groups -OCH3 is 2. The molecule has 2 aromatic rings. The molecule has 2 N–H and O–H groups in total. The fraction of sp³-hybridized carbons (Fsp3) is 0.421. The summed E-state index contributed by atoms with van der Waals surface area (Å²) < 4.78 is 15.7. The van der Waals surface area contributed by atoms with Crippen molar-refractivity contribution in [2.75, 3.05) is 24.9 Å². The van der Waals surface area contributed by atoms with Crippen molar-refractivity contribution in [1.29, 1.82) is 0 Å². The standard InChI is InChI=1S/C19H22N4O4/c1-19(2)8-13-15(14(24)9-19)16(21-18-17(20-13)22-27-23-18)10-5-11(25-3)7-12(6-10)26-4/h5-7,16H,8-9H2,1-4H3,(H,20,22)(H,21,23). The second-order valence-corrected chi connectivity index (χ2v) is 7.64. The van der Waals surface area contributed by atoms with Crippen molar-refractivity contribution >= 4 is 17.4 Å². The Balaban J connectivity index is 1.88. The number of carbonyl (C=O) groups excluding carboxylic acids is 1. The highest BCUT2D eigenvalue weighted by Crippen LogP contribution is 2.45. The van der Waals surface area contributed by atoms with E-state index in [0.29, 0.717) is 35.1 Å². The number of hydrogen-bond acceptors (Lipinski definition) is 8. The minimum atomic E-state index is -0.423. The Morgan fingerprint density at radius 3 is 2.41 bits per heavy atom. The Kier molecular flexibility index (Phi) is 4.05. The minimum Gasteiger partial charge on any atom is -0.497 e. The molecule has 1 unspecified atom stereocenters. The van der Waals surface area contributed by atoms with Crippen LogP contribution >= 0.6 is 0 Å². The van der Waals surface area contributed by atoms with Crippen LogP contribution in [0.25, 0.3) is 0 Å². The number of hydrogen-bond donors (Lipinski definition) is 2. The van der Waals surface area contributed by atoms with Crippen LogP contribution in [0.1, 0.15) is 38.3 Å². The summed E-state index contributed by atoms with van der Waals surface area (Å²) in [6.07, 6.45) is 1.20. The molecule has 0 fully saturated rings. The Hall–Kier alpha value is -3.03. The van der Waals surface area contributed by atoms with Gasteiger partial charge in [0.05, 0.1) is 20.3 Å². The molecule has 0 bridgehead atoms. The SMILES string of the molecule is COc1cc(OC)cc(C2Nc3nonc3NC3=C2C(=O)CC(C)(C)C3)c1. The Morgan fingerprint density at radius 2 is 1.74 bits per heavy atom. The van der Waals surface area contributed by atoms with Gasteiger partial charge in [-0.15, -0.1) is 0 Å². The molecule has 0 radical (unpaired) electrons. The number of fused-ring (bicyclic) bond motifs is 1. The average Bonchev–Trinajstić information content (AvgIpc) is 2.99. The molecule has 0 saturated heterocycles. The van der Waals surface area contributed by atoms with Crippen molar-refractivity contribution in [3.8, 4) is 11.5 Å².